The third-order valence-electron chi connectivity index (χ3n) is 4.88. The van der Waals surface area contributed by atoms with Crippen molar-refractivity contribution < 1.29 is 9.84 Å². The van der Waals surface area contributed by atoms with Crippen LogP contribution in [0.15, 0.2) is 0 Å². The van der Waals surface area contributed by atoms with E-state index >= 15 is 0 Å². The number of likely N-dealkylation sites (tertiary alicyclic amines) is 1. The maximum absolute atomic E-state index is 10.6. The van der Waals surface area contributed by atoms with Crippen LogP contribution < -0.4 is 0 Å². The molecular weight excluding hydrogens is 202 g/mol. The van der Waals surface area contributed by atoms with E-state index in [0.717, 1.165) is 39.1 Å². The van der Waals surface area contributed by atoms with E-state index < -0.39 is 0 Å². The van der Waals surface area contributed by atoms with Gasteiger partial charge in [-0.05, 0) is 25.7 Å². The van der Waals surface area contributed by atoms with Gasteiger partial charge in [0.25, 0.3) is 0 Å². The molecule has 16 heavy (non-hydrogen) atoms. The molecule has 92 valence electrons. The van der Waals surface area contributed by atoms with E-state index in [1.807, 2.05) is 0 Å². The summed E-state index contributed by atoms with van der Waals surface area (Å²) in [5.41, 5.74) is -0.325. The van der Waals surface area contributed by atoms with Crippen molar-refractivity contribution in [1.82, 2.24) is 4.90 Å². The van der Waals surface area contributed by atoms with Crippen LogP contribution in [-0.2, 0) is 4.74 Å². The molecule has 0 aromatic rings. The first-order chi connectivity index (χ1) is 7.78. The molecule has 1 saturated carbocycles. The molecule has 1 N–H and O–H groups in total. The van der Waals surface area contributed by atoms with Crippen LogP contribution in [0.3, 0.4) is 0 Å². The van der Waals surface area contributed by atoms with E-state index in [-0.39, 0.29) is 5.60 Å². The fourth-order valence-electron chi connectivity index (χ4n) is 3.74. The number of fused-ring (bicyclic) bond motifs is 1. The van der Waals surface area contributed by atoms with Crippen LogP contribution in [-0.4, -0.2) is 48.0 Å². The normalized spacial score (nSPS) is 45.6. The number of hydrogen-bond acceptors (Lipinski definition) is 3. The maximum Gasteiger partial charge on any atom is 0.0700 e. The van der Waals surface area contributed by atoms with Crippen molar-refractivity contribution in [1.29, 1.82) is 0 Å². The molecule has 0 bridgehead atoms. The molecule has 3 rings (SSSR count). The van der Waals surface area contributed by atoms with Crippen molar-refractivity contribution >= 4 is 0 Å². The van der Waals surface area contributed by atoms with E-state index in [9.17, 15) is 5.11 Å². The van der Waals surface area contributed by atoms with Gasteiger partial charge in [0, 0.05) is 31.7 Å². The summed E-state index contributed by atoms with van der Waals surface area (Å²) in [7, 11) is 0. The van der Waals surface area contributed by atoms with Crippen molar-refractivity contribution in [3.8, 4) is 0 Å². The minimum atomic E-state index is -0.325. The minimum absolute atomic E-state index is 0.325. The number of piperidine rings is 1. The lowest BCUT2D eigenvalue weighted by molar-refractivity contribution is -0.102. The third kappa shape index (κ3) is 1.89. The first-order valence-corrected chi connectivity index (χ1v) is 6.82. The van der Waals surface area contributed by atoms with Gasteiger partial charge in [0.05, 0.1) is 12.2 Å². The smallest absolute Gasteiger partial charge is 0.0700 e. The molecule has 3 fully saturated rings. The van der Waals surface area contributed by atoms with E-state index in [4.69, 9.17) is 4.74 Å². The van der Waals surface area contributed by atoms with Gasteiger partial charge < -0.3 is 9.84 Å². The summed E-state index contributed by atoms with van der Waals surface area (Å²) in [4.78, 5) is 2.57. The first-order valence-electron chi connectivity index (χ1n) is 6.82. The number of ether oxygens (including phenoxy) is 1. The lowest BCUT2D eigenvalue weighted by Crippen LogP contribution is -2.55. The largest absolute Gasteiger partial charge is 0.390 e. The molecule has 2 heterocycles. The third-order valence-corrected chi connectivity index (χ3v) is 4.88. The second kappa shape index (κ2) is 4.28. The van der Waals surface area contributed by atoms with E-state index in [0.29, 0.717) is 12.0 Å². The Morgan fingerprint density at radius 1 is 1.19 bits per heavy atom. The van der Waals surface area contributed by atoms with Crippen LogP contribution in [0.2, 0.25) is 0 Å². The Hall–Kier alpha value is -0.120. The monoisotopic (exact) mass is 225 g/mol. The predicted molar refractivity (Wildman–Crippen MR) is 62.3 cm³/mol. The molecule has 2 aliphatic heterocycles. The number of rotatable bonds is 1. The highest BCUT2D eigenvalue weighted by molar-refractivity contribution is 4.97. The Labute approximate surface area is 97.8 Å². The number of nitrogens with zero attached hydrogens (tertiary/aromatic N) is 1. The quantitative estimate of drug-likeness (QED) is 0.732. The van der Waals surface area contributed by atoms with Crippen molar-refractivity contribution in [2.45, 2.75) is 50.2 Å². The SMILES string of the molecule is OC12CCCCC1CN(C1CCOC1)CC2. The minimum Gasteiger partial charge on any atom is -0.390 e. The van der Waals surface area contributed by atoms with E-state index in [1.54, 1.807) is 0 Å². The van der Waals surface area contributed by atoms with E-state index in [1.165, 1.54) is 25.7 Å². The highest BCUT2D eigenvalue weighted by Crippen LogP contribution is 2.40. The van der Waals surface area contributed by atoms with Gasteiger partial charge in [0.15, 0.2) is 0 Å². The van der Waals surface area contributed by atoms with Gasteiger partial charge in [-0.25, -0.2) is 0 Å². The van der Waals surface area contributed by atoms with Crippen LogP contribution in [0.1, 0.15) is 38.5 Å². The van der Waals surface area contributed by atoms with Crippen LogP contribution >= 0.6 is 0 Å². The molecule has 3 nitrogen and oxygen atoms in total. The second-order valence-corrected chi connectivity index (χ2v) is 5.81. The number of aliphatic hydroxyl groups is 1. The zero-order valence-electron chi connectivity index (χ0n) is 10.0. The molecule has 2 saturated heterocycles. The first kappa shape index (κ1) is 11.0. The van der Waals surface area contributed by atoms with Gasteiger partial charge in [-0.2, -0.15) is 0 Å². The maximum atomic E-state index is 10.6. The molecule has 0 aromatic carbocycles. The summed E-state index contributed by atoms with van der Waals surface area (Å²) in [6.07, 6.45) is 6.95. The topological polar surface area (TPSA) is 32.7 Å². The molecule has 3 heteroatoms. The molecule has 3 atom stereocenters. The Balaban J connectivity index is 1.65. The standard InChI is InChI=1S/C13H23NO2/c15-13-5-2-1-3-11(13)9-14(7-6-13)12-4-8-16-10-12/h11-12,15H,1-10H2. The van der Waals surface area contributed by atoms with E-state index in [2.05, 4.69) is 4.90 Å². The lowest BCUT2D eigenvalue weighted by atomic mass is 9.71. The van der Waals surface area contributed by atoms with Gasteiger partial charge >= 0.3 is 0 Å². The van der Waals surface area contributed by atoms with Crippen LogP contribution in [0.4, 0.5) is 0 Å². The fourth-order valence-corrected chi connectivity index (χ4v) is 3.74. The van der Waals surface area contributed by atoms with Crippen molar-refractivity contribution in [3.05, 3.63) is 0 Å². The predicted octanol–water partition coefficient (Wildman–Crippen LogP) is 1.40. The molecule has 0 aromatic heterocycles. The molecule has 3 aliphatic rings. The Morgan fingerprint density at radius 2 is 2.12 bits per heavy atom. The number of hydrogen-bond donors (Lipinski definition) is 1. The van der Waals surface area contributed by atoms with Crippen LogP contribution in [0.5, 0.6) is 0 Å². The summed E-state index contributed by atoms with van der Waals surface area (Å²) in [5.74, 6) is 0.524. The van der Waals surface area contributed by atoms with Gasteiger partial charge in [0.2, 0.25) is 0 Å². The summed E-state index contributed by atoms with van der Waals surface area (Å²) in [6, 6.07) is 0.631. The van der Waals surface area contributed by atoms with Gasteiger partial charge in [-0.1, -0.05) is 12.8 Å². The molecule has 1 aliphatic carbocycles. The molecule has 0 radical (unpaired) electrons. The zero-order chi connectivity index (χ0) is 11.0. The van der Waals surface area contributed by atoms with Gasteiger partial charge in [-0.15, -0.1) is 0 Å². The molecular formula is C13H23NO2. The average molecular weight is 225 g/mol. The highest BCUT2D eigenvalue weighted by Gasteiger charge is 2.44. The highest BCUT2D eigenvalue weighted by atomic mass is 16.5. The van der Waals surface area contributed by atoms with Crippen LogP contribution in [0.25, 0.3) is 0 Å². The van der Waals surface area contributed by atoms with Crippen molar-refractivity contribution in [3.63, 3.8) is 0 Å². The Morgan fingerprint density at radius 3 is 2.94 bits per heavy atom. The van der Waals surface area contributed by atoms with Gasteiger partial charge in [-0.3, -0.25) is 4.90 Å². The molecule has 3 unspecified atom stereocenters. The average Bonchev–Trinajstić information content (AvgIpc) is 2.81. The molecule has 0 amide bonds. The van der Waals surface area contributed by atoms with Gasteiger partial charge in [0.1, 0.15) is 0 Å². The summed E-state index contributed by atoms with van der Waals surface area (Å²) in [6.45, 7) is 4.01. The zero-order valence-corrected chi connectivity index (χ0v) is 10.0. The molecule has 0 spiro atoms. The second-order valence-electron chi connectivity index (χ2n) is 5.81. The van der Waals surface area contributed by atoms with Crippen LogP contribution in [0, 0.1) is 5.92 Å². The van der Waals surface area contributed by atoms with Crippen molar-refractivity contribution in [2.24, 2.45) is 5.92 Å². The Bertz CT molecular complexity index is 252. The summed E-state index contributed by atoms with van der Waals surface area (Å²) < 4.78 is 5.47. The lowest BCUT2D eigenvalue weighted by Gasteiger charge is -2.48. The van der Waals surface area contributed by atoms with Crippen molar-refractivity contribution in [2.75, 3.05) is 26.3 Å². The Kier molecular flexibility index (Phi) is 2.94. The summed E-state index contributed by atoms with van der Waals surface area (Å²) >= 11 is 0. The summed E-state index contributed by atoms with van der Waals surface area (Å²) in [5, 5.41) is 10.6. The fraction of sp³-hybridized carbons (Fsp3) is 1.00.